The second kappa shape index (κ2) is 6.05. The van der Waals surface area contributed by atoms with Crippen molar-refractivity contribution in [3.8, 4) is 0 Å². The molecule has 2 rings (SSSR count). The van der Waals surface area contributed by atoms with E-state index >= 15 is 0 Å². The number of amides is 1. The molecule has 1 aliphatic heterocycles. The van der Waals surface area contributed by atoms with Crippen LogP contribution < -0.4 is 0 Å². The Bertz CT molecular complexity index is 410. The minimum absolute atomic E-state index is 0.159. The molecule has 1 fully saturated rings. The van der Waals surface area contributed by atoms with Gasteiger partial charge in [0.1, 0.15) is 0 Å². The van der Waals surface area contributed by atoms with Gasteiger partial charge in [-0.05, 0) is 53.5 Å². The highest BCUT2D eigenvalue weighted by Gasteiger charge is 2.27. The predicted octanol–water partition coefficient (Wildman–Crippen LogP) is 3.38. The van der Waals surface area contributed by atoms with Crippen molar-refractivity contribution in [2.75, 3.05) is 19.0 Å². The lowest BCUT2D eigenvalue weighted by molar-refractivity contribution is 0.0786. The van der Waals surface area contributed by atoms with E-state index in [-0.39, 0.29) is 5.91 Å². The van der Waals surface area contributed by atoms with Crippen LogP contribution in [0.15, 0.2) is 24.3 Å². The molecule has 17 heavy (non-hydrogen) atoms. The number of carbonyl (C=O) groups excluding carboxylic acids is 1. The number of alkyl halides is 1. The van der Waals surface area contributed by atoms with Crippen LogP contribution in [0, 0.1) is 9.49 Å². The first-order valence-electron chi connectivity index (χ1n) is 5.82. The highest BCUT2D eigenvalue weighted by atomic mass is 127. The van der Waals surface area contributed by atoms with Gasteiger partial charge in [0.25, 0.3) is 5.91 Å². The van der Waals surface area contributed by atoms with Crippen LogP contribution in [-0.4, -0.2) is 29.8 Å². The number of hydrogen-bond acceptors (Lipinski definition) is 1. The summed E-state index contributed by atoms with van der Waals surface area (Å²) in [6.45, 7) is 1.72. The summed E-state index contributed by atoms with van der Waals surface area (Å²) in [6, 6.07) is 7.75. The van der Waals surface area contributed by atoms with Crippen LogP contribution in [0.5, 0.6) is 0 Å². The van der Waals surface area contributed by atoms with Crippen molar-refractivity contribution >= 4 is 40.1 Å². The Morgan fingerprint density at radius 3 is 2.94 bits per heavy atom. The number of benzene rings is 1. The Labute approximate surface area is 120 Å². The fraction of sp³-hybridized carbons (Fsp3) is 0.462. The number of rotatable bonds is 3. The SMILES string of the molecule is O=C(c1ccccc1I)N1CCC(CCCl)C1. The van der Waals surface area contributed by atoms with Crippen LogP contribution in [0.1, 0.15) is 23.2 Å². The molecule has 1 aliphatic rings. The van der Waals surface area contributed by atoms with Gasteiger partial charge in [-0.15, -0.1) is 11.6 Å². The average molecular weight is 364 g/mol. The smallest absolute Gasteiger partial charge is 0.254 e. The monoisotopic (exact) mass is 363 g/mol. The van der Waals surface area contributed by atoms with Crippen LogP contribution in [-0.2, 0) is 0 Å². The van der Waals surface area contributed by atoms with Crippen molar-refractivity contribution in [3.63, 3.8) is 0 Å². The molecule has 0 aliphatic carbocycles. The van der Waals surface area contributed by atoms with Gasteiger partial charge in [0.05, 0.1) is 5.56 Å². The molecule has 1 heterocycles. The lowest BCUT2D eigenvalue weighted by Crippen LogP contribution is -2.29. The standard InChI is InChI=1S/C13H15ClINO/c14-7-5-10-6-8-16(9-10)13(17)11-3-1-2-4-12(11)15/h1-4,10H,5-9H2. The highest BCUT2D eigenvalue weighted by molar-refractivity contribution is 14.1. The van der Waals surface area contributed by atoms with Crippen molar-refractivity contribution in [2.45, 2.75) is 12.8 Å². The minimum Gasteiger partial charge on any atom is -0.338 e. The molecule has 1 atom stereocenters. The van der Waals surface area contributed by atoms with Gasteiger partial charge in [0.15, 0.2) is 0 Å². The van der Waals surface area contributed by atoms with E-state index < -0.39 is 0 Å². The maximum absolute atomic E-state index is 12.3. The van der Waals surface area contributed by atoms with E-state index in [4.69, 9.17) is 11.6 Å². The van der Waals surface area contributed by atoms with Crippen molar-refractivity contribution in [2.24, 2.45) is 5.92 Å². The predicted molar refractivity (Wildman–Crippen MR) is 78.5 cm³/mol. The number of nitrogens with zero attached hydrogens (tertiary/aromatic N) is 1. The van der Waals surface area contributed by atoms with Gasteiger partial charge in [-0.1, -0.05) is 12.1 Å². The summed E-state index contributed by atoms with van der Waals surface area (Å²) in [5, 5.41) is 0. The Morgan fingerprint density at radius 1 is 1.47 bits per heavy atom. The van der Waals surface area contributed by atoms with E-state index in [9.17, 15) is 4.79 Å². The van der Waals surface area contributed by atoms with Crippen LogP contribution in [0.25, 0.3) is 0 Å². The summed E-state index contributed by atoms with van der Waals surface area (Å²) >= 11 is 7.96. The van der Waals surface area contributed by atoms with E-state index in [0.29, 0.717) is 11.8 Å². The molecule has 1 aromatic carbocycles. The second-order valence-electron chi connectivity index (χ2n) is 4.36. The summed E-state index contributed by atoms with van der Waals surface area (Å²) < 4.78 is 1.02. The van der Waals surface area contributed by atoms with Gasteiger partial charge in [-0.2, -0.15) is 0 Å². The topological polar surface area (TPSA) is 20.3 Å². The first-order valence-corrected chi connectivity index (χ1v) is 7.43. The third-order valence-electron chi connectivity index (χ3n) is 3.19. The molecule has 0 radical (unpaired) electrons. The van der Waals surface area contributed by atoms with Gasteiger partial charge < -0.3 is 4.90 Å². The van der Waals surface area contributed by atoms with Crippen LogP contribution >= 0.6 is 34.2 Å². The quantitative estimate of drug-likeness (QED) is 0.595. The van der Waals surface area contributed by atoms with Crippen LogP contribution in [0.4, 0.5) is 0 Å². The van der Waals surface area contributed by atoms with Crippen molar-refractivity contribution in [3.05, 3.63) is 33.4 Å². The zero-order valence-corrected chi connectivity index (χ0v) is 12.4. The molecule has 0 bridgehead atoms. The second-order valence-corrected chi connectivity index (χ2v) is 5.90. The third-order valence-corrected chi connectivity index (χ3v) is 4.35. The fourth-order valence-corrected chi connectivity index (χ4v) is 3.14. The van der Waals surface area contributed by atoms with Gasteiger partial charge >= 0.3 is 0 Å². The van der Waals surface area contributed by atoms with Crippen molar-refractivity contribution < 1.29 is 4.79 Å². The molecule has 0 aromatic heterocycles. The number of hydrogen-bond donors (Lipinski definition) is 0. The summed E-state index contributed by atoms with van der Waals surface area (Å²) in [7, 11) is 0. The Morgan fingerprint density at radius 2 is 2.24 bits per heavy atom. The number of likely N-dealkylation sites (tertiary alicyclic amines) is 1. The molecule has 2 nitrogen and oxygen atoms in total. The molecule has 1 saturated heterocycles. The number of halogens is 2. The van der Waals surface area contributed by atoms with Gasteiger partial charge in [0, 0.05) is 22.5 Å². The van der Waals surface area contributed by atoms with Gasteiger partial charge in [-0.3, -0.25) is 4.79 Å². The molecule has 0 N–H and O–H groups in total. The average Bonchev–Trinajstić information content (AvgIpc) is 2.78. The summed E-state index contributed by atoms with van der Waals surface area (Å²) in [5.74, 6) is 1.43. The van der Waals surface area contributed by atoms with Gasteiger partial charge in [0.2, 0.25) is 0 Å². The molecule has 0 spiro atoms. The maximum Gasteiger partial charge on any atom is 0.254 e. The molecular formula is C13H15ClINO. The van der Waals surface area contributed by atoms with Crippen LogP contribution in [0.2, 0.25) is 0 Å². The van der Waals surface area contributed by atoms with E-state index in [1.807, 2.05) is 29.2 Å². The Hall–Kier alpha value is -0.290. The first-order chi connectivity index (χ1) is 8.22. The first kappa shape index (κ1) is 13.1. The molecule has 1 unspecified atom stereocenters. The summed E-state index contributed by atoms with van der Waals surface area (Å²) in [5.41, 5.74) is 0.819. The lowest BCUT2D eigenvalue weighted by Gasteiger charge is -2.17. The Kier molecular flexibility index (Phi) is 4.68. The van der Waals surface area contributed by atoms with Gasteiger partial charge in [-0.25, -0.2) is 0 Å². The largest absolute Gasteiger partial charge is 0.338 e. The molecular weight excluding hydrogens is 349 g/mol. The molecule has 92 valence electrons. The van der Waals surface area contributed by atoms with Crippen LogP contribution in [0.3, 0.4) is 0 Å². The molecule has 1 amide bonds. The summed E-state index contributed by atoms with van der Waals surface area (Å²) in [6.07, 6.45) is 2.10. The van der Waals surface area contributed by atoms with Crippen molar-refractivity contribution in [1.29, 1.82) is 0 Å². The molecule has 4 heteroatoms. The maximum atomic E-state index is 12.3. The van der Waals surface area contributed by atoms with E-state index in [2.05, 4.69) is 22.6 Å². The zero-order valence-electron chi connectivity index (χ0n) is 9.53. The normalized spacial score (nSPS) is 19.6. The van der Waals surface area contributed by atoms with E-state index in [1.165, 1.54) is 0 Å². The lowest BCUT2D eigenvalue weighted by atomic mass is 10.1. The number of carbonyl (C=O) groups is 1. The molecule has 0 saturated carbocycles. The highest BCUT2D eigenvalue weighted by Crippen LogP contribution is 2.23. The zero-order chi connectivity index (χ0) is 12.3. The molecule has 1 aromatic rings. The summed E-state index contributed by atoms with van der Waals surface area (Å²) in [4.78, 5) is 14.3. The minimum atomic E-state index is 0.159. The van der Waals surface area contributed by atoms with E-state index in [0.717, 1.165) is 35.1 Å². The third kappa shape index (κ3) is 3.13. The fourth-order valence-electron chi connectivity index (χ4n) is 2.21. The van der Waals surface area contributed by atoms with Crippen molar-refractivity contribution in [1.82, 2.24) is 4.90 Å². The van der Waals surface area contributed by atoms with E-state index in [1.54, 1.807) is 0 Å². The Balaban J connectivity index is 2.05.